The maximum Gasteiger partial charge on any atom is 0.159 e. The van der Waals surface area contributed by atoms with Crippen LogP contribution in [0.15, 0.2) is 24.3 Å². The Morgan fingerprint density at radius 1 is 1.56 bits per heavy atom. The number of likely N-dealkylation sites (N-methyl/N-ethyl adjacent to an activating group) is 1. The van der Waals surface area contributed by atoms with Crippen LogP contribution in [0, 0.1) is 0 Å². The molecule has 4 nitrogen and oxygen atoms in total. The Kier molecular flexibility index (Phi) is 4.33. The van der Waals surface area contributed by atoms with Crippen LogP contribution in [0.1, 0.15) is 17.3 Å². The molecule has 2 rings (SSSR count). The van der Waals surface area contributed by atoms with Crippen LogP contribution >= 0.6 is 0 Å². The summed E-state index contributed by atoms with van der Waals surface area (Å²) in [5.41, 5.74) is 0.675. The maximum atomic E-state index is 11.3. The molecule has 0 aliphatic carbocycles. The summed E-state index contributed by atoms with van der Waals surface area (Å²) in [6.45, 7) is 4.67. The number of nitrogens with zero attached hydrogens (tertiary/aromatic N) is 1. The van der Waals surface area contributed by atoms with Gasteiger partial charge < -0.3 is 14.4 Å². The van der Waals surface area contributed by atoms with Gasteiger partial charge in [0.15, 0.2) is 5.78 Å². The predicted octanol–water partition coefficient (Wildman–Crippen LogP) is 1.60. The minimum absolute atomic E-state index is 0.0501. The Labute approximate surface area is 107 Å². The van der Waals surface area contributed by atoms with Crippen LogP contribution in [-0.2, 0) is 4.74 Å². The lowest BCUT2D eigenvalue weighted by atomic mass is 10.1. The van der Waals surface area contributed by atoms with Gasteiger partial charge in [0.2, 0.25) is 0 Å². The molecule has 0 aromatic heterocycles. The summed E-state index contributed by atoms with van der Waals surface area (Å²) in [5.74, 6) is 0.772. The van der Waals surface area contributed by atoms with Crippen LogP contribution in [0.4, 0.5) is 0 Å². The molecule has 0 saturated carbocycles. The van der Waals surface area contributed by atoms with E-state index in [-0.39, 0.29) is 11.9 Å². The topological polar surface area (TPSA) is 38.8 Å². The van der Waals surface area contributed by atoms with Gasteiger partial charge in [0, 0.05) is 18.7 Å². The lowest BCUT2D eigenvalue weighted by Gasteiger charge is -2.29. The number of hydrogen-bond donors (Lipinski definition) is 0. The van der Waals surface area contributed by atoms with Crippen molar-refractivity contribution in [2.24, 2.45) is 0 Å². The molecule has 1 fully saturated rings. The third-order valence-corrected chi connectivity index (χ3v) is 3.02. The van der Waals surface area contributed by atoms with Crippen LogP contribution in [0.25, 0.3) is 0 Å². The van der Waals surface area contributed by atoms with E-state index in [2.05, 4.69) is 11.9 Å². The Balaban J connectivity index is 1.89. The third-order valence-electron chi connectivity index (χ3n) is 3.02. The average Bonchev–Trinajstić information content (AvgIpc) is 2.37. The lowest BCUT2D eigenvalue weighted by molar-refractivity contribution is -0.0403. The summed E-state index contributed by atoms with van der Waals surface area (Å²) in [4.78, 5) is 13.5. The number of carbonyl (C=O) groups is 1. The smallest absolute Gasteiger partial charge is 0.159 e. The molecule has 0 bridgehead atoms. The molecule has 1 atom stereocenters. The summed E-state index contributed by atoms with van der Waals surface area (Å²) in [6.07, 6.45) is 0.102. The van der Waals surface area contributed by atoms with Crippen molar-refractivity contribution in [3.8, 4) is 5.75 Å². The second-order valence-corrected chi connectivity index (χ2v) is 4.65. The molecule has 1 saturated heterocycles. The molecule has 1 aliphatic rings. The zero-order chi connectivity index (χ0) is 13.0. The van der Waals surface area contributed by atoms with Gasteiger partial charge >= 0.3 is 0 Å². The Morgan fingerprint density at radius 2 is 2.39 bits per heavy atom. The summed E-state index contributed by atoms with van der Waals surface area (Å²) in [6, 6.07) is 7.26. The lowest BCUT2D eigenvalue weighted by Crippen LogP contribution is -2.42. The van der Waals surface area contributed by atoms with Crippen molar-refractivity contribution in [2.45, 2.75) is 13.0 Å². The second-order valence-electron chi connectivity index (χ2n) is 4.65. The number of benzene rings is 1. The van der Waals surface area contributed by atoms with E-state index in [0.29, 0.717) is 12.2 Å². The highest BCUT2D eigenvalue weighted by molar-refractivity contribution is 5.94. The number of morpholine rings is 1. The van der Waals surface area contributed by atoms with E-state index in [1.165, 1.54) is 0 Å². The molecule has 1 aromatic carbocycles. The highest BCUT2D eigenvalue weighted by Gasteiger charge is 2.18. The number of Topliss-reactive ketones (excluding diaryl/α,β-unsaturated/α-hetero) is 1. The van der Waals surface area contributed by atoms with Crippen molar-refractivity contribution < 1.29 is 14.3 Å². The van der Waals surface area contributed by atoms with Crippen LogP contribution in [-0.4, -0.2) is 50.1 Å². The number of hydrogen-bond acceptors (Lipinski definition) is 4. The molecule has 98 valence electrons. The van der Waals surface area contributed by atoms with Crippen molar-refractivity contribution in [1.29, 1.82) is 0 Å². The van der Waals surface area contributed by atoms with Gasteiger partial charge in [-0.2, -0.15) is 0 Å². The van der Waals surface area contributed by atoms with E-state index in [1.807, 2.05) is 12.1 Å². The van der Waals surface area contributed by atoms with Crippen LogP contribution in [0.3, 0.4) is 0 Å². The largest absolute Gasteiger partial charge is 0.491 e. The quantitative estimate of drug-likeness (QED) is 0.760. The maximum absolute atomic E-state index is 11.3. The first-order valence-electron chi connectivity index (χ1n) is 6.19. The van der Waals surface area contributed by atoms with E-state index in [0.717, 1.165) is 25.4 Å². The molecule has 0 spiro atoms. The molecule has 1 heterocycles. The van der Waals surface area contributed by atoms with Crippen molar-refractivity contribution in [3.05, 3.63) is 29.8 Å². The number of ether oxygens (including phenoxy) is 2. The van der Waals surface area contributed by atoms with Gasteiger partial charge in [0.05, 0.1) is 6.61 Å². The van der Waals surface area contributed by atoms with E-state index in [4.69, 9.17) is 9.47 Å². The number of ketones is 1. The molecule has 0 N–H and O–H groups in total. The monoisotopic (exact) mass is 249 g/mol. The fourth-order valence-corrected chi connectivity index (χ4v) is 1.96. The Bertz CT molecular complexity index is 419. The minimum Gasteiger partial charge on any atom is -0.491 e. The van der Waals surface area contributed by atoms with Gasteiger partial charge in [0.1, 0.15) is 18.5 Å². The molecule has 1 aromatic rings. The first kappa shape index (κ1) is 13.1. The third kappa shape index (κ3) is 3.55. The first-order chi connectivity index (χ1) is 8.65. The zero-order valence-corrected chi connectivity index (χ0v) is 10.9. The summed E-state index contributed by atoms with van der Waals surface area (Å²) >= 11 is 0. The van der Waals surface area contributed by atoms with Crippen molar-refractivity contribution in [3.63, 3.8) is 0 Å². The molecule has 0 radical (unpaired) electrons. The minimum atomic E-state index is 0.0501. The fourth-order valence-electron chi connectivity index (χ4n) is 1.96. The first-order valence-corrected chi connectivity index (χ1v) is 6.19. The highest BCUT2D eigenvalue weighted by Crippen LogP contribution is 2.15. The highest BCUT2D eigenvalue weighted by atomic mass is 16.5. The predicted molar refractivity (Wildman–Crippen MR) is 69.2 cm³/mol. The zero-order valence-electron chi connectivity index (χ0n) is 10.9. The van der Waals surface area contributed by atoms with Gasteiger partial charge in [0.25, 0.3) is 0 Å². The van der Waals surface area contributed by atoms with E-state index in [9.17, 15) is 4.79 Å². The Morgan fingerprint density at radius 3 is 3.11 bits per heavy atom. The SMILES string of the molecule is CC(=O)c1cccc(OCC2CN(C)CCO2)c1. The van der Waals surface area contributed by atoms with E-state index < -0.39 is 0 Å². The van der Waals surface area contributed by atoms with E-state index in [1.54, 1.807) is 19.1 Å². The Hall–Kier alpha value is -1.39. The second kappa shape index (κ2) is 5.98. The van der Waals surface area contributed by atoms with Gasteiger partial charge in [-0.15, -0.1) is 0 Å². The van der Waals surface area contributed by atoms with Gasteiger partial charge in [-0.1, -0.05) is 12.1 Å². The van der Waals surface area contributed by atoms with Crippen molar-refractivity contribution in [1.82, 2.24) is 4.90 Å². The molecule has 1 unspecified atom stereocenters. The van der Waals surface area contributed by atoms with Crippen LogP contribution < -0.4 is 4.74 Å². The van der Waals surface area contributed by atoms with E-state index >= 15 is 0 Å². The average molecular weight is 249 g/mol. The van der Waals surface area contributed by atoms with Crippen molar-refractivity contribution >= 4 is 5.78 Å². The van der Waals surface area contributed by atoms with Gasteiger partial charge in [-0.3, -0.25) is 4.79 Å². The van der Waals surface area contributed by atoms with Crippen LogP contribution in [0.5, 0.6) is 5.75 Å². The normalized spacial score (nSPS) is 20.7. The summed E-state index contributed by atoms with van der Waals surface area (Å²) in [5, 5.41) is 0. The summed E-state index contributed by atoms with van der Waals surface area (Å²) in [7, 11) is 2.08. The van der Waals surface area contributed by atoms with Crippen LogP contribution in [0.2, 0.25) is 0 Å². The standard InChI is InChI=1S/C14H19NO3/c1-11(16)12-4-3-5-13(8-12)18-10-14-9-15(2)6-7-17-14/h3-5,8,14H,6-7,9-10H2,1-2H3. The molecule has 18 heavy (non-hydrogen) atoms. The number of carbonyl (C=O) groups excluding carboxylic acids is 1. The van der Waals surface area contributed by atoms with Crippen molar-refractivity contribution in [2.75, 3.05) is 33.4 Å². The van der Waals surface area contributed by atoms with Gasteiger partial charge in [-0.05, 0) is 26.1 Å². The molecule has 1 aliphatic heterocycles. The molecular formula is C14H19NO3. The molecular weight excluding hydrogens is 230 g/mol. The molecule has 0 amide bonds. The van der Waals surface area contributed by atoms with Gasteiger partial charge in [-0.25, -0.2) is 0 Å². The molecule has 4 heteroatoms. The fraction of sp³-hybridized carbons (Fsp3) is 0.500. The summed E-state index contributed by atoms with van der Waals surface area (Å²) < 4.78 is 11.3. The number of rotatable bonds is 4.